The summed E-state index contributed by atoms with van der Waals surface area (Å²) in [5.74, 6) is 0. The van der Waals surface area contributed by atoms with Crippen LogP contribution in [0.15, 0.2) is 231 Å². The first-order chi connectivity index (χ1) is 29.7. The van der Waals surface area contributed by atoms with E-state index in [1.54, 1.807) is 0 Å². The number of fused-ring (bicyclic) bond motifs is 7. The second-order valence-electron chi connectivity index (χ2n) is 15.7. The highest BCUT2D eigenvalue weighted by Crippen LogP contribution is 2.41. The third-order valence-electron chi connectivity index (χ3n) is 12.3. The molecule has 0 N–H and O–H groups in total. The van der Waals surface area contributed by atoms with Gasteiger partial charge in [-0.05, 0) is 110 Å². The van der Waals surface area contributed by atoms with Crippen molar-refractivity contribution in [2.45, 2.75) is 0 Å². The topological polar surface area (TPSA) is 9.86 Å². The zero-order valence-corrected chi connectivity index (χ0v) is 32.8. The highest BCUT2D eigenvalue weighted by Gasteiger charge is 2.19. The molecule has 0 bridgehead atoms. The molecule has 0 aliphatic rings. The first kappa shape index (κ1) is 34.1. The van der Waals surface area contributed by atoms with E-state index in [9.17, 15) is 0 Å². The van der Waals surface area contributed by atoms with Gasteiger partial charge in [0, 0.05) is 38.5 Å². The van der Waals surface area contributed by atoms with Gasteiger partial charge in [0.1, 0.15) is 0 Å². The Morgan fingerprint density at radius 1 is 0.233 bits per heavy atom. The Bertz CT molecular complexity index is 3550. The van der Waals surface area contributed by atoms with Gasteiger partial charge in [0.05, 0.1) is 22.1 Å². The number of para-hydroxylation sites is 2. The predicted molar refractivity (Wildman–Crippen MR) is 254 cm³/mol. The Morgan fingerprint density at radius 3 is 1.42 bits per heavy atom. The van der Waals surface area contributed by atoms with Crippen LogP contribution < -0.4 is 0 Å². The average Bonchev–Trinajstić information content (AvgIpc) is 3.84. The second-order valence-corrected chi connectivity index (χ2v) is 15.7. The summed E-state index contributed by atoms with van der Waals surface area (Å²) in [6.07, 6.45) is 0. The molecular formula is C58H38N2. The van der Waals surface area contributed by atoms with E-state index < -0.39 is 0 Å². The van der Waals surface area contributed by atoms with Gasteiger partial charge in [0.15, 0.2) is 0 Å². The third kappa shape index (κ3) is 5.57. The van der Waals surface area contributed by atoms with E-state index in [0.29, 0.717) is 0 Å². The van der Waals surface area contributed by atoms with Crippen LogP contribution in [-0.4, -0.2) is 9.13 Å². The van der Waals surface area contributed by atoms with Crippen molar-refractivity contribution in [1.82, 2.24) is 9.13 Å². The quantitative estimate of drug-likeness (QED) is 0.160. The molecule has 0 unspecified atom stereocenters. The Balaban J connectivity index is 0.985. The lowest BCUT2D eigenvalue weighted by Gasteiger charge is -2.13. The molecule has 0 atom stereocenters. The summed E-state index contributed by atoms with van der Waals surface area (Å²) in [4.78, 5) is 0. The number of nitrogens with zero attached hydrogens (tertiary/aromatic N) is 2. The molecule has 2 heteroatoms. The van der Waals surface area contributed by atoms with E-state index >= 15 is 0 Å². The van der Waals surface area contributed by atoms with Crippen LogP contribution in [0.1, 0.15) is 0 Å². The van der Waals surface area contributed by atoms with Crippen LogP contribution in [0.25, 0.3) is 110 Å². The van der Waals surface area contributed by atoms with Crippen LogP contribution in [0, 0.1) is 0 Å². The summed E-state index contributed by atoms with van der Waals surface area (Å²) in [7, 11) is 0. The minimum atomic E-state index is 1.14. The van der Waals surface area contributed by atoms with Crippen LogP contribution in [0.2, 0.25) is 0 Å². The van der Waals surface area contributed by atoms with Gasteiger partial charge in [-0.25, -0.2) is 0 Å². The number of rotatable bonds is 6. The lowest BCUT2D eigenvalue weighted by Crippen LogP contribution is -1.95. The van der Waals surface area contributed by atoms with Gasteiger partial charge in [-0.3, -0.25) is 0 Å². The molecule has 2 nitrogen and oxygen atoms in total. The van der Waals surface area contributed by atoms with Crippen molar-refractivity contribution in [3.63, 3.8) is 0 Å². The molecule has 0 saturated heterocycles. The van der Waals surface area contributed by atoms with Crippen LogP contribution in [0.3, 0.4) is 0 Å². The summed E-state index contributed by atoms with van der Waals surface area (Å²) in [5.41, 5.74) is 16.8. The molecule has 0 radical (unpaired) electrons. The van der Waals surface area contributed by atoms with Crippen LogP contribution in [0.4, 0.5) is 0 Å². The number of hydrogen-bond donors (Lipinski definition) is 0. The Labute approximate surface area is 348 Å². The molecule has 0 saturated carbocycles. The lowest BCUT2D eigenvalue weighted by molar-refractivity contribution is 1.18. The van der Waals surface area contributed by atoms with Crippen molar-refractivity contribution in [3.05, 3.63) is 231 Å². The highest BCUT2D eigenvalue weighted by atomic mass is 15.0. The minimum Gasteiger partial charge on any atom is -0.309 e. The molecule has 0 aliphatic heterocycles. The molecule has 2 aromatic heterocycles. The SMILES string of the molecule is c1ccc(-c2ccc(-n3c4ccc(-c5ccc6c(c5)c5ccccc5n6-c5ccc(-c6ccc7ccccc7c6)cc5)cc4c4cccc(-c5ccccc5)c43)cc2)cc1. The van der Waals surface area contributed by atoms with Crippen LogP contribution in [0.5, 0.6) is 0 Å². The van der Waals surface area contributed by atoms with Crippen molar-refractivity contribution >= 4 is 54.4 Å². The lowest BCUT2D eigenvalue weighted by atomic mass is 9.99. The Kier molecular flexibility index (Phi) is 7.89. The van der Waals surface area contributed by atoms with Crippen molar-refractivity contribution in [1.29, 1.82) is 0 Å². The summed E-state index contributed by atoms with van der Waals surface area (Å²) in [5, 5.41) is 7.49. The maximum atomic E-state index is 2.45. The van der Waals surface area contributed by atoms with Gasteiger partial charge in [-0.2, -0.15) is 0 Å². The van der Waals surface area contributed by atoms with Gasteiger partial charge >= 0.3 is 0 Å². The van der Waals surface area contributed by atoms with E-state index in [0.717, 1.165) is 11.4 Å². The summed E-state index contributed by atoms with van der Waals surface area (Å²) < 4.78 is 4.86. The third-order valence-corrected chi connectivity index (χ3v) is 12.3. The van der Waals surface area contributed by atoms with E-state index in [1.807, 2.05) is 0 Å². The smallest absolute Gasteiger partial charge is 0.0619 e. The van der Waals surface area contributed by atoms with Crippen molar-refractivity contribution < 1.29 is 0 Å². The monoisotopic (exact) mass is 762 g/mol. The predicted octanol–water partition coefficient (Wildman–Crippen LogP) is 15.7. The molecule has 60 heavy (non-hydrogen) atoms. The zero-order valence-electron chi connectivity index (χ0n) is 32.8. The van der Waals surface area contributed by atoms with Crippen molar-refractivity contribution in [2.75, 3.05) is 0 Å². The summed E-state index contributed by atoms with van der Waals surface area (Å²) >= 11 is 0. The minimum absolute atomic E-state index is 1.14. The molecular weight excluding hydrogens is 725 g/mol. The average molecular weight is 763 g/mol. The fourth-order valence-corrected chi connectivity index (χ4v) is 9.40. The largest absolute Gasteiger partial charge is 0.309 e. The summed E-state index contributed by atoms with van der Waals surface area (Å²) in [6.45, 7) is 0. The fraction of sp³-hybridized carbons (Fsp3) is 0. The van der Waals surface area contributed by atoms with E-state index in [-0.39, 0.29) is 0 Å². The molecule has 12 rings (SSSR count). The molecule has 10 aromatic carbocycles. The molecule has 0 amide bonds. The number of aromatic nitrogens is 2. The fourth-order valence-electron chi connectivity index (χ4n) is 9.40. The second kappa shape index (κ2) is 13.9. The first-order valence-electron chi connectivity index (χ1n) is 20.7. The molecule has 0 spiro atoms. The number of hydrogen-bond acceptors (Lipinski definition) is 0. The molecule has 0 aliphatic carbocycles. The van der Waals surface area contributed by atoms with Gasteiger partial charge in [-0.1, -0.05) is 170 Å². The van der Waals surface area contributed by atoms with Gasteiger partial charge in [-0.15, -0.1) is 0 Å². The standard InChI is InChI=1S/C58H38N2/c1-3-12-39(13-4-1)41-24-32-49(33-25-41)60-57-35-29-47(38-54(57)52-20-11-19-50(58(52)60)43-15-5-2-6-16-43)46-28-34-56-53(37-46)51-18-9-10-21-55(51)59(56)48-30-26-42(27-31-48)45-23-22-40-14-7-8-17-44(40)36-45/h1-38H. The van der Waals surface area contributed by atoms with Gasteiger partial charge < -0.3 is 9.13 Å². The highest BCUT2D eigenvalue weighted by molar-refractivity contribution is 6.15. The van der Waals surface area contributed by atoms with Crippen LogP contribution >= 0.6 is 0 Å². The maximum absolute atomic E-state index is 2.45. The van der Waals surface area contributed by atoms with E-state index in [1.165, 1.54) is 98.9 Å². The van der Waals surface area contributed by atoms with Crippen molar-refractivity contribution in [2.24, 2.45) is 0 Å². The van der Waals surface area contributed by atoms with Gasteiger partial charge in [0.2, 0.25) is 0 Å². The molecule has 2 heterocycles. The normalized spacial score (nSPS) is 11.7. The van der Waals surface area contributed by atoms with E-state index in [2.05, 4.69) is 240 Å². The summed E-state index contributed by atoms with van der Waals surface area (Å²) in [6, 6.07) is 84.2. The zero-order chi connectivity index (χ0) is 39.6. The van der Waals surface area contributed by atoms with Gasteiger partial charge in [0.25, 0.3) is 0 Å². The Morgan fingerprint density at radius 2 is 0.700 bits per heavy atom. The van der Waals surface area contributed by atoms with Crippen LogP contribution in [-0.2, 0) is 0 Å². The molecule has 0 fully saturated rings. The molecule has 12 aromatic rings. The maximum Gasteiger partial charge on any atom is 0.0619 e. The first-order valence-corrected chi connectivity index (χ1v) is 20.7. The van der Waals surface area contributed by atoms with Crippen molar-refractivity contribution in [3.8, 4) is 55.9 Å². The molecule has 280 valence electrons. The van der Waals surface area contributed by atoms with E-state index in [4.69, 9.17) is 0 Å². The number of benzene rings is 10. The Hall–Kier alpha value is -7.94.